The Hall–Kier alpha value is -3.63. The number of amides is 1. The first-order chi connectivity index (χ1) is 21.3. The number of rotatable bonds is 8. The highest BCUT2D eigenvalue weighted by atomic mass is 19.4. The van der Waals surface area contributed by atoms with Gasteiger partial charge in [0, 0.05) is 37.7 Å². The number of piperidine rings is 1. The van der Waals surface area contributed by atoms with Gasteiger partial charge >= 0.3 is 12.1 Å². The Labute approximate surface area is 261 Å². The van der Waals surface area contributed by atoms with E-state index < -0.39 is 40.9 Å². The zero-order valence-corrected chi connectivity index (χ0v) is 25.8. The molecule has 45 heavy (non-hydrogen) atoms. The molecule has 2 bridgehead atoms. The molecule has 1 saturated heterocycles. The zero-order chi connectivity index (χ0) is 32.3. The number of aliphatic hydroxyl groups is 1. The topological polar surface area (TPSA) is 79.3 Å². The summed E-state index contributed by atoms with van der Waals surface area (Å²) >= 11 is 0. The Balaban J connectivity index is 1.40. The molecule has 10 heteroatoms. The van der Waals surface area contributed by atoms with Crippen LogP contribution in [0.4, 0.5) is 13.2 Å². The van der Waals surface area contributed by atoms with Gasteiger partial charge < -0.3 is 19.5 Å². The van der Waals surface area contributed by atoms with Crippen LogP contribution in [0.3, 0.4) is 0 Å². The van der Waals surface area contributed by atoms with Gasteiger partial charge in [-0.25, -0.2) is 0 Å². The Kier molecular flexibility index (Phi) is 7.88. The van der Waals surface area contributed by atoms with E-state index in [-0.39, 0.29) is 17.9 Å². The number of halogens is 3. The van der Waals surface area contributed by atoms with Crippen molar-refractivity contribution in [3.05, 3.63) is 77.4 Å². The summed E-state index contributed by atoms with van der Waals surface area (Å²) in [6.07, 6.45) is 1.86. The number of esters is 1. The molecule has 2 unspecified atom stereocenters. The minimum absolute atomic E-state index is 0.108. The van der Waals surface area contributed by atoms with Crippen molar-refractivity contribution in [3.8, 4) is 11.5 Å². The molecule has 2 fully saturated rings. The molecule has 1 spiro atoms. The molecule has 0 aromatic heterocycles. The van der Waals surface area contributed by atoms with Crippen molar-refractivity contribution in [2.45, 2.75) is 81.8 Å². The molecule has 2 aromatic rings. The molecule has 2 aliphatic carbocycles. The lowest BCUT2D eigenvalue weighted by Crippen LogP contribution is -2.78. The first-order valence-corrected chi connectivity index (χ1v) is 15.5. The van der Waals surface area contributed by atoms with Crippen LogP contribution in [-0.2, 0) is 27.6 Å². The average molecular weight is 625 g/mol. The van der Waals surface area contributed by atoms with E-state index in [0.29, 0.717) is 62.4 Å². The zero-order valence-electron chi connectivity index (χ0n) is 25.8. The number of ether oxygens (including phenoxy) is 2. The van der Waals surface area contributed by atoms with Gasteiger partial charge in [-0.05, 0) is 73.5 Å². The van der Waals surface area contributed by atoms with E-state index in [0.717, 1.165) is 23.3 Å². The molecule has 6 rings (SSSR count). The van der Waals surface area contributed by atoms with Crippen molar-refractivity contribution in [3.63, 3.8) is 0 Å². The summed E-state index contributed by atoms with van der Waals surface area (Å²) in [5.41, 5.74) is -0.338. The van der Waals surface area contributed by atoms with Crippen molar-refractivity contribution in [1.29, 1.82) is 0 Å². The quantitative estimate of drug-likeness (QED) is 0.180. The third-order valence-electron chi connectivity index (χ3n) is 10.0. The number of likely N-dealkylation sites (tertiary alicyclic amines) is 1. The van der Waals surface area contributed by atoms with Crippen molar-refractivity contribution in [1.82, 2.24) is 9.80 Å². The highest BCUT2D eigenvalue weighted by Crippen LogP contribution is 2.66. The number of carbonyl (C=O) groups excluding carboxylic acids is 2. The van der Waals surface area contributed by atoms with Gasteiger partial charge in [0.25, 0.3) is 0 Å². The third-order valence-corrected chi connectivity index (χ3v) is 10.0. The van der Waals surface area contributed by atoms with E-state index in [1.54, 1.807) is 11.0 Å². The maximum absolute atomic E-state index is 14.0. The van der Waals surface area contributed by atoms with Crippen molar-refractivity contribution < 1.29 is 37.3 Å². The predicted molar refractivity (Wildman–Crippen MR) is 163 cm³/mol. The minimum Gasteiger partial charge on any atom is -0.483 e. The highest BCUT2D eigenvalue weighted by molar-refractivity contribution is 5.92. The van der Waals surface area contributed by atoms with E-state index >= 15 is 0 Å². The van der Waals surface area contributed by atoms with Crippen LogP contribution >= 0.6 is 0 Å². The van der Waals surface area contributed by atoms with Gasteiger partial charge in [-0.15, -0.1) is 6.58 Å². The molecule has 7 nitrogen and oxygen atoms in total. The first kappa shape index (κ1) is 31.4. The van der Waals surface area contributed by atoms with Crippen LogP contribution in [0.25, 0.3) is 6.08 Å². The van der Waals surface area contributed by atoms with E-state index in [2.05, 4.69) is 11.5 Å². The standard InChI is InChI=1S/C35H39F3N2O5/c1-5-17-39-18-16-33-30-24-9-12-27(44-22(4)41)31(30)45-32(33)26(14-15-34(33,43)28(39)19-24)40(20-21(2)3)29(42)13-8-23-6-10-25(11-7-23)35(36,37)38/h5-13,21,26,28,32,43H,1,14-20H2,2-4H3/b13-8+/t26?,28-,32?,33+,34-/m1/s1. The second-order valence-corrected chi connectivity index (χ2v) is 13.2. The van der Waals surface area contributed by atoms with Crippen LogP contribution in [0.1, 0.15) is 62.3 Å². The normalized spacial score (nSPS) is 28.5. The van der Waals surface area contributed by atoms with Crippen LogP contribution in [0.2, 0.25) is 0 Å². The number of hydrogen-bond donors (Lipinski definition) is 1. The number of alkyl halides is 3. The lowest BCUT2D eigenvalue weighted by atomic mass is 9.48. The lowest BCUT2D eigenvalue weighted by molar-refractivity contribution is -0.199. The molecule has 1 N–H and O–H groups in total. The van der Waals surface area contributed by atoms with Crippen molar-refractivity contribution in [2.75, 3.05) is 19.6 Å². The monoisotopic (exact) mass is 624 g/mol. The molecule has 2 aliphatic heterocycles. The average Bonchev–Trinajstić information content (AvgIpc) is 3.32. The fourth-order valence-electron chi connectivity index (χ4n) is 8.36. The summed E-state index contributed by atoms with van der Waals surface area (Å²) in [4.78, 5) is 30.1. The van der Waals surface area contributed by atoms with Crippen molar-refractivity contribution >= 4 is 18.0 Å². The molecule has 2 aromatic carbocycles. The summed E-state index contributed by atoms with van der Waals surface area (Å²) in [7, 11) is 0. The van der Waals surface area contributed by atoms with Gasteiger partial charge in [0.2, 0.25) is 5.91 Å². The van der Waals surface area contributed by atoms with Crippen molar-refractivity contribution in [2.24, 2.45) is 5.92 Å². The molecular weight excluding hydrogens is 585 g/mol. The second-order valence-electron chi connectivity index (χ2n) is 13.2. The first-order valence-electron chi connectivity index (χ1n) is 15.5. The Bertz CT molecular complexity index is 1540. The molecule has 1 amide bonds. The van der Waals surface area contributed by atoms with Gasteiger partial charge in [-0.1, -0.05) is 38.1 Å². The van der Waals surface area contributed by atoms with Crippen LogP contribution in [0.5, 0.6) is 11.5 Å². The minimum atomic E-state index is -4.44. The number of benzene rings is 2. The molecule has 2 heterocycles. The van der Waals surface area contributed by atoms with E-state index in [1.807, 2.05) is 26.0 Å². The Morgan fingerprint density at radius 2 is 1.93 bits per heavy atom. The van der Waals surface area contributed by atoms with Gasteiger partial charge in [0.05, 0.1) is 22.6 Å². The van der Waals surface area contributed by atoms with Crippen LogP contribution in [-0.4, -0.2) is 70.2 Å². The van der Waals surface area contributed by atoms with Gasteiger partial charge in [0.1, 0.15) is 6.10 Å². The molecule has 1 saturated carbocycles. The summed E-state index contributed by atoms with van der Waals surface area (Å²) in [5.74, 6) is 0.115. The fourth-order valence-corrected chi connectivity index (χ4v) is 8.36. The van der Waals surface area contributed by atoms with Gasteiger partial charge in [-0.2, -0.15) is 13.2 Å². The number of hydrogen-bond acceptors (Lipinski definition) is 6. The second kappa shape index (κ2) is 11.3. The SMILES string of the molecule is C=CCN1CC[C@]23c4c5ccc(OC(C)=O)c4OC2C(N(CC(C)C)C(=O)/C=C/c2ccc(C(F)(F)F)cc2)CC[C@@]3(O)[C@H]1C5. The van der Waals surface area contributed by atoms with Gasteiger partial charge in [-0.3, -0.25) is 14.5 Å². The highest BCUT2D eigenvalue weighted by Gasteiger charge is 2.73. The van der Waals surface area contributed by atoms with E-state index in [1.165, 1.54) is 31.2 Å². The maximum atomic E-state index is 14.0. The summed E-state index contributed by atoms with van der Waals surface area (Å²) in [6, 6.07) is 7.80. The Morgan fingerprint density at radius 1 is 1.20 bits per heavy atom. The third kappa shape index (κ3) is 5.06. The molecule has 240 valence electrons. The largest absolute Gasteiger partial charge is 0.483 e. The molecule has 4 aliphatic rings. The number of carbonyl (C=O) groups is 2. The summed E-state index contributed by atoms with van der Waals surface area (Å²) in [5, 5.41) is 12.8. The predicted octanol–water partition coefficient (Wildman–Crippen LogP) is 5.54. The lowest BCUT2D eigenvalue weighted by Gasteiger charge is -2.64. The summed E-state index contributed by atoms with van der Waals surface area (Å²) in [6.45, 7) is 11.1. The van der Waals surface area contributed by atoms with Crippen LogP contribution < -0.4 is 9.47 Å². The summed E-state index contributed by atoms with van der Waals surface area (Å²) < 4.78 is 51.6. The van der Waals surface area contributed by atoms with E-state index in [4.69, 9.17) is 9.47 Å². The van der Waals surface area contributed by atoms with E-state index in [9.17, 15) is 27.9 Å². The fraction of sp³-hybridized carbons (Fsp3) is 0.486. The molecule has 0 radical (unpaired) electrons. The molecular formula is C35H39F3N2O5. The molecule has 5 atom stereocenters. The van der Waals surface area contributed by atoms with Crippen LogP contribution in [0, 0.1) is 5.92 Å². The maximum Gasteiger partial charge on any atom is 0.416 e. The van der Waals surface area contributed by atoms with Crippen LogP contribution in [0.15, 0.2) is 55.1 Å². The van der Waals surface area contributed by atoms with Gasteiger partial charge in [0.15, 0.2) is 11.5 Å². The Morgan fingerprint density at radius 3 is 2.58 bits per heavy atom. The number of nitrogens with zero attached hydrogens (tertiary/aromatic N) is 2. The smallest absolute Gasteiger partial charge is 0.416 e.